The van der Waals surface area contributed by atoms with Gasteiger partial charge in [-0.1, -0.05) is 6.42 Å². The maximum Gasteiger partial charge on any atom is 0.387 e. The standard InChI is InChI=1S/C18H24F2N2O3/c1-24-13-5-6-15(25-18(19)20)14(9-13)22-17(23)12-7-10-3-2-4-11(8-12)16(10)21/h5-6,9-12,16,18H,2-4,7-8,21H2,1H3,(H,22,23). The first kappa shape index (κ1) is 17.9. The van der Waals surface area contributed by atoms with Crippen LogP contribution < -0.4 is 20.5 Å². The average Bonchev–Trinajstić information content (AvgIpc) is 2.55. The quantitative estimate of drug-likeness (QED) is 0.850. The SMILES string of the molecule is COc1ccc(OC(F)F)c(NC(=O)C2CC3CCCC(C2)C3N)c1. The Morgan fingerprint density at radius 3 is 2.56 bits per heavy atom. The molecule has 3 N–H and O–H groups in total. The van der Waals surface area contributed by atoms with Crippen LogP contribution in [0.25, 0.3) is 0 Å². The van der Waals surface area contributed by atoms with Gasteiger partial charge in [0.1, 0.15) is 11.5 Å². The Balaban J connectivity index is 1.74. The molecule has 0 spiro atoms. The summed E-state index contributed by atoms with van der Waals surface area (Å²) in [5, 5.41) is 2.75. The van der Waals surface area contributed by atoms with Gasteiger partial charge >= 0.3 is 6.61 Å². The first-order valence-electron chi connectivity index (χ1n) is 8.67. The predicted octanol–water partition coefficient (Wildman–Crippen LogP) is 3.39. The zero-order chi connectivity index (χ0) is 18.0. The Hall–Kier alpha value is -1.89. The van der Waals surface area contributed by atoms with Crippen molar-refractivity contribution in [3.63, 3.8) is 0 Å². The third-order valence-electron chi connectivity index (χ3n) is 5.44. The van der Waals surface area contributed by atoms with Gasteiger partial charge in [0.2, 0.25) is 5.91 Å². The summed E-state index contributed by atoms with van der Waals surface area (Å²) in [7, 11) is 1.47. The zero-order valence-electron chi connectivity index (χ0n) is 14.2. The molecular weight excluding hydrogens is 330 g/mol. The summed E-state index contributed by atoms with van der Waals surface area (Å²) in [6.45, 7) is -2.96. The Morgan fingerprint density at radius 1 is 1.28 bits per heavy atom. The largest absolute Gasteiger partial charge is 0.497 e. The molecule has 7 heteroatoms. The van der Waals surface area contributed by atoms with Gasteiger partial charge in [-0.05, 0) is 49.7 Å². The van der Waals surface area contributed by atoms with Crippen molar-refractivity contribution in [2.24, 2.45) is 23.5 Å². The summed E-state index contributed by atoms with van der Waals surface area (Å²) in [6, 6.07) is 4.54. The van der Waals surface area contributed by atoms with E-state index >= 15 is 0 Å². The lowest BCUT2D eigenvalue weighted by molar-refractivity contribution is -0.122. The Kier molecular flexibility index (Phi) is 5.42. The lowest BCUT2D eigenvalue weighted by atomic mass is 9.65. The number of anilines is 1. The number of rotatable bonds is 5. The van der Waals surface area contributed by atoms with E-state index in [4.69, 9.17) is 10.5 Å². The molecule has 2 unspecified atom stereocenters. The Labute approximate surface area is 145 Å². The molecular formula is C18H24F2N2O3. The molecule has 2 saturated carbocycles. The fourth-order valence-electron chi connectivity index (χ4n) is 4.17. The lowest BCUT2D eigenvalue weighted by Crippen LogP contribution is -2.48. The first-order valence-corrected chi connectivity index (χ1v) is 8.67. The van der Waals surface area contributed by atoms with Crippen LogP contribution in [-0.2, 0) is 4.79 Å². The maximum absolute atomic E-state index is 12.7. The highest BCUT2D eigenvalue weighted by atomic mass is 19.3. The number of carbonyl (C=O) groups is 1. The highest BCUT2D eigenvalue weighted by Crippen LogP contribution is 2.42. The van der Waals surface area contributed by atoms with Crippen LogP contribution in [0.4, 0.5) is 14.5 Å². The van der Waals surface area contributed by atoms with Crippen molar-refractivity contribution in [2.75, 3.05) is 12.4 Å². The number of nitrogens with two attached hydrogens (primary N) is 1. The van der Waals surface area contributed by atoms with Gasteiger partial charge in [0, 0.05) is 18.0 Å². The molecule has 0 saturated heterocycles. The summed E-state index contributed by atoms with van der Waals surface area (Å²) in [5.74, 6) is 0.795. The van der Waals surface area contributed by atoms with Gasteiger partial charge in [-0.15, -0.1) is 0 Å². The molecule has 2 aliphatic carbocycles. The van der Waals surface area contributed by atoms with Gasteiger partial charge in [-0.25, -0.2) is 0 Å². The number of methoxy groups -OCH3 is 1. The number of hydrogen-bond acceptors (Lipinski definition) is 4. The van der Waals surface area contributed by atoms with E-state index in [-0.39, 0.29) is 29.3 Å². The van der Waals surface area contributed by atoms with Crippen LogP contribution in [0.1, 0.15) is 32.1 Å². The van der Waals surface area contributed by atoms with E-state index in [1.807, 2.05) is 0 Å². The molecule has 2 aliphatic rings. The van der Waals surface area contributed by atoms with Crippen molar-refractivity contribution >= 4 is 11.6 Å². The number of hydrogen-bond donors (Lipinski definition) is 2. The van der Waals surface area contributed by atoms with E-state index in [0.717, 1.165) is 25.7 Å². The van der Waals surface area contributed by atoms with E-state index in [9.17, 15) is 13.6 Å². The maximum atomic E-state index is 12.7. The molecule has 1 aromatic carbocycles. The third kappa shape index (κ3) is 4.03. The van der Waals surface area contributed by atoms with Crippen LogP contribution in [0, 0.1) is 17.8 Å². The monoisotopic (exact) mass is 354 g/mol. The van der Waals surface area contributed by atoms with Crippen molar-refractivity contribution in [1.29, 1.82) is 0 Å². The average molecular weight is 354 g/mol. The smallest absolute Gasteiger partial charge is 0.387 e. The van der Waals surface area contributed by atoms with Crippen molar-refractivity contribution in [3.05, 3.63) is 18.2 Å². The number of halogens is 2. The van der Waals surface area contributed by atoms with Crippen LogP contribution in [-0.4, -0.2) is 25.7 Å². The van der Waals surface area contributed by atoms with E-state index in [1.165, 1.54) is 31.7 Å². The normalized spacial score (nSPS) is 28.5. The second-order valence-electron chi connectivity index (χ2n) is 6.93. The molecule has 0 aliphatic heterocycles. The van der Waals surface area contributed by atoms with Crippen molar-refractivity contribution < 1.29 is 23.0 Å². The molecule has 25 heavy (non-hydrogen) atoms. The molecule has 0 radical (unpaired) electrons. The van der Waals surface area contributed by atoms with E-state index in [0.29, 0.717) is 17.6 Å². The molecule has 138 valence electrons. The van der Waals surface area contributed by atoms with Crippen molar-refractivity contribution in [3.8, 4) is 11.5 Å². The fraction of sp³-hybridized carbons (Fsp3) is 0.611. The van der Waals surface area contributed by atoms with Gasteiger partial charge in [-0.3, -0.25) is 4.79 Å². The van der Waals surface area contributed by atoms with Gasteiger partial charge < -0.3 is 20.5 Å². The fourth-order valence-corrected chi connectivity index (χ4v) is 4.17. The number of amides is 1. The number of ether oxygens (including phenoxy) is 2. The second kappa shape index (κ2) is 7.56. The van der Waals surface area contributed by atoms with Crippen molar-refractivity contribution in [1.82, 2.24) is 0 Å². The minimum absolute atomic E-state index is 0.0724. The number of benzene rings is 1. The minimum atomic E-state index is -2.96. The topological polar surface area (TPSA) is 73.6 Å². The molecule has 1 aromatic rings. The Morgan fingerprint density at radius 2 is 1.96 bits per heavy atom. The number of alkyl halides is 2. The molecule has 3 rings (SSSR count). The van der Waals surface area contributed by atoms with Gasteiger partial charge in [-0.2, -0.15) is 8.78 Å². The first-order chi connectivity index (χ1) is 12.0. The van der Waals surface area contributed by atoms with Gasteiger partial charge in [0.15, 0.2) is 0 Å². The summed E-state index contributed by atoms with van der Waals surface area (Å²) in [5.41, 5.74) is 6.46. The zero-order valence-corrected chi connectivity index (χ0v) is 14.2. The number of carbonyl (C=O) groups excluding carboxylic acids is 1. The molecule has 1 amide bonds. The summed E-state index contributed by atoms with van der Waals surface area (Å²) in [6.07, 6.45) is 4.78. The highest BCUT2D eigenvalue weighted by molar-refractivity contribution is 5.94. The molecule has 2 bridgehead atoms. The van der Waals surface area contributed by atoms with Crippen LogP contribution in [0.3, 0.4) is 0 Å². The van der Waals surface area contributed by atoms with Crippen LogP contribution in [0.2, 0.25) is 0 Å². The second-order valence-corrected chi connectivity index (χ2v) is 6.93. The summed E-state index contributed by atoms with van der Waals surface area (Å²) in [4.78, 5) is 12.7. The van der Waals surface area contributed by atoms with Gasteiger partial charge in [0.25, 0.3) is 0 Å². The van der Waals surface area contributed by atoms with E-state index < -0.39 is 6.61 Å². The van der Waals surface area contributed by atoms with Gasteiger partial charge in [0.05, 0.1) is 12.8 Å². The molecule has 5 nitrogen and oxygen atoms in total. The van der Waals surface area contributed by atoms with Crippen LogP contribution in [0.5, 0.6) is 11.5 Å². The molecule has 2 fully saturated rings. The lowest BCUT2D eigenvalue weighted by Gasteiger charge is -2.43. The summed E-state index contributed by atoms with van der Waals surface area (Å²) >= 11 is 0. The van der Waals surface area contributed by atoms with E-state index in [1.54, 1.807) is 0 Å². The predicted molar refractivity (Wildman–Crippen MR) is 89.8 cm³/mol. The van der Waals surface area contributed by atoms with E-state index in [2.05, 4.69) is 10.1 Å². The van der Waals surface area contributed by atoms with Crippen LogP contribution >= 0.6 is 0 Å². The molecule has 2 atom stereocenters. The minimum Gasteiger partial charge on any atom is -0.497 e. The molecule has 0 aromatic heterocycles. The van der Waals surface area contributed by atoms with Crippen molar-refractivity contribution in [2.45, 2.75) is 44.8 Å². The summed E-state index contributed by atoms with van der Waals surface area (Å²) < 4.78 is 34.8. The number of fused-ring (bicyclic) bond motifs is 2. The number of nitrogens with one attached hydrogen (secondary N) is 1. The molecule has 0 heterocycles. The Bertz CT molecular complexity index is 612. The third-order valence-corrected chi connectivity index (χ3v) is 5.44. The van der Waals surface area contributed by atoms with Crippen LogP contribution in [0.15, 0.2) is 18.2 Å². The highest BCUT2D eigenvalue weighted by Gasteiger charge is 2.40.